The third-order valence-electron chi connectivity index (χ3n) is 3.07. The normalized spacial score (nSPS) is 16.1. The molecule has 0 aromatic heterocycles. The summed E-state index contributed by atoms with van der Waals surface area (Å²) in [6, 6.07) is 2.61. The molecule has 8 heteroatoms. The van der Waals surface area contributed by atoms with E-state index in [4.69, 9.17) is 0 Å². The first-order valence-electron chi connectivity index (χ1n) is 6.24. The molecule has 0 radical (unpaired) electrons. The Morgan fingerprint density at radius 3 is 2.77 bits per heavy atom. The van der Waals surface area contributed by atoms with Gasteiger partial charge in [0.05, 0.1) is 7.11 Å². The predicted octanol–water partition coefficient (Wildman–Crippen LogP) is 1.53. The molecule has 1 heterocycles. The summed E-state index contributed by atoms with van der Waals surface area (Å²) in [5.41, 5.74) is 0.960. The summed E-state index contributed by atoms with van der Waals surface area (Å²) in [7, 11) is 1.17. The highest BCUT2D eigenvalue weighted by Crippen LogP contribution is 2.29. The number of phenols is 1. The van der Waals surface area contributed by atoms with Crippen LogP contribution in [0.15, 0.2) is 22.3 Å². The monoisotopic (exact) mass is 368 g/mol. The van der Waals surface area contributed by atoms with E-state index in [2.05, 4.69) is 26.0 Å². The van der Waals surface area contributed by atoms with Crippen LogP contribution in [-0.4, -0.2) is 41.6 Å². The Balaban J connectivity index is 2.33. The lowest BCUT2D eigenvalue weighted by Crippen LogP contribution is -2.36. The first-order valence-corrected chi connectivity index (χ1v) is 7.03. The van der Waals surface area contributed by atoms with Crippen molar-refractivity contribution in [1.82, 2.24) is 10.2 Å². The van der Waals surface area contributed by atoms with Gasteiger partial charge in [-0.15, -0.1) is 0 Å². The number of esters is 1. The molecule has 0 unspecified atom stereocenters. The molecule has 0 atom stereocenters. The van der Waals surface area contributed by atoms with Crippen LogP contribution in [0, 0.1) is 6.92 Å². The van der Waals surface area contributed by atoms with Gasteiger partial charge in [-0.05, 0) is 30.7 Å². The minimum atomic E-state index is -0.715. The number of aromatic hydroxyl groups is 1. The molecule has 3 amide bonds. The molecule has 7 nitrogen and oxygen atoms in total. The third kappa shape index (κ3) is 3.11. The number of rotatable bonds is 3. The highest BCUT2D eigenvalue weighted by molar-refractivity contribution is 9.10. The summed E-state index contributed by atoms with van der Waals surface area (Å²) in [5, 5.41) is 12.4. The molecular weight excluding hydrogens is 356 g/mol. The second-order valence-corrected chi connectivity index (χ2v) is 5.53. The molecule has 1 fully saturated rings. The fraction of sp³-hybridized carbons (Fsp3) is 0.214. The maximum Gasteiger partial charge on any atom is 0.329 e. The Morgan fingerprint density at radius 2 is 2.14 bits per heavy atom. The highest BCUT2D eigenvalue weighted by atomic mass is 79.9. The summed E-state index contributed by atoms with van der Waals surface area (Å²) < 4.78 is 5.15. The molecule has 1 aliphatic heterocycles. The molecule has 116 valence electrons. The average Bonchev–Trinajstić information content (AvgIpc) is 2.71. The van der Waals surface area contributed by atoms with Crippen LogP contribution in [0.25, 0.3) is 6.08 Å². The summed E-state index contributed by atoms with van der Waals surface area (Å²) in [5.74, 6) is -1.36. The van der Waals surface area contributed by atoms with Gasteiger partial charge in [-0.3, -0.25) is 9.59 Å². The van der Waals surface area contributed by atoms with E-state index in [1.165, 1.54) is 13.2 Å². The van der Waals surface area contributed by atoms with Crippen LogP contribution >= 0.6 is 15.9 Å². The molecular formula is C14H13BrN2O5. The largest absolute Gasteiger partial charge is 0.507 e. The van der Waals surface area contributed by atoms with Gasteiger partial charge in [-0.1, -0.05) is 15.9 Å². The number of hydrogen-bond donors (Lipinski definition) is 2. The molecule has 22 heavy (non-hydrogen) atoms. The van der Waals surface area contributed by atoms with E-state index < -0.39 is 24.5 Å². The van der Waals surface area contributed by atoms with Gasteiger partial charge >= 0.3 is 12.0 Å². The molecule has 0 spiro atoms. The number of nitrogens with zero attached hydrogens (tertiary/aromatic N) is 1. The second-order valence-electron chi connectivity index (χ2n) is 4.62. The van der Waals surface area contributed by atoms with E-state index in [-0.39, 0.29) is 11.4 Å². The van der Waals surface area contributed by atoms with Crippen molar-refractivity contribution in [3.63, 3.8) is 0 Å². The Hall–Kier alpha value is -2.35. The van der Waals surface area contributed by atoms with E-state index in [9.17, 15) is 19.5 Å². The SMILES string of the molecule is COC(=O)CN1C(=O)N/C(=C/c2cc(Br)cc(C)c2O)C1=O. The van der Waals surface area contributed by atoms with Gasteiger partial charge in [0.1, 0.15) is 18.0 Å². The molecule has 1 saturated heterocycles. The van der Waals surface area contributed by atoms with Crippen molar-refractivity contribution in [3.05, 3.63) is 33.4 Å². The van der Waals surface area contributed by atoms with Crippen molar-refractivity contribution in [3.8, 4) is 5.75 Å². The molecule has 1 aromatic rings. The van der Waals surface area contributed by atoms with Gasteiger partial charge in [-0.25, -0.2) is 9.69 Å². The summed E-state index contributed by atoms with van der Waals surface area (Å²) in [6.45, 7) is 1.24. The first-order chi connectivity index (χ1) is 10.3. The van der Waals surface area contributed by atoms with Crippen molar-refractivity contribution in [2.45, 2.75) is 6.92 Å². The highest BCUT2D eigenvalue weighted by Gasteiger charge is 2.35. The number of imide groups is 1. The first kappa shape index (κ1) is 16.0. The van der Waals surface area contributed by atoms with Gasteiger partial charge in [0.2, 0.25) is 0 Å². The minimum Gasteiger partial charge on any atom is -0.507 e. The number of carbonyl (C=O) groups excluding carboxylic acids is 3. The smallest absolute Gasteiger partial charge is 0.329 e. The topological polar surface area (TPSA) is 95.9 Å². The number of carbonyl (C=O) groups is 3. The molecule has 0 saturated carbocycles. The lowest BCUT2D eigenvalue weighted by molar-refractivity contribution is -0.143. The quantitative estimate of drug-likeness (QED) is 0.479. The van der Waals surface area contributed by atoms with Crippen molar-refractivity contribution in [2.24, 2.45) is 0 Å². The molecule has 2 N–H and O–H groups in total. The van der Waals surface area contributed by atoms with Crippen LogP contribution in [0.5, 0.6) is 5.75 Å². The van der Waals surface area contributed by atoms with Crippen LogP contribution in [0.1, 0.15) is 11.1 Å². The van der Waals surface area contributed by atoms with Gasteiger partial charge < -0.3 is 15.2 Å². The average molecular weight is 369 g/mol. The minimum absolute atomic E-state index is 0.00386. The predicted molar refractivity (Wildman–Crippen MR) is 80.8 cm³/mol. The van der Waals surface area contributed by atoms with Crippen LogP contribution in [0.4, 0.5) is 4.79 Å². The van der Waals surface area contributed by atoms with Crippen LogP contribution in [0.2, 0.25) is 0 Å². The van der Waals surface area contributed by atoms with E-state index in [0.717, 1.165) is 9.37 Å². The zero-order valence-corrected chi connectivity index (χ0v) is 13.4. The summed E-state index contributed by atoms with van der Waals surface area (Å²) in [6.07, 6.45) is 1.35. The van der Waals surface area contributed by atoms with Crippen LogP contribution in [-0.2, 0) is 14.3 Å². The number of benzene rings is 1. The molecule has 1 aliphatic rings. The third-order valence-corrected chi connectivity index (χ3v) is 3.53. The number of phenolic OH excluding ortho intramolecular Hbond substituents is 1. The zero-order chi connectivity index (χ0) is 16.4. The maximum absolute atomic E-state index is 12.1. The fourth-order valence-corrected chi connectivity index (χ4v) is 2.53. The molecule has 1 aromatic carbocycles. The molecule has 0 aliphatic carbocycles. The standard InChI is InChI=1S/C14H13BrN2O5/c1-7-3-9(15)4-8(12(7)19)5-10-13(20)17(14(21)16-10)6-11(18)22-2/h3-5,19H,6H2,1-2H3,(H,16,21)/b10-5+. The Morgan fingerprint density at radius 1 is 1.45 bits per heavy atom. The Kier molecular flexibility index (Phi) is 4.51. The van der Waals surface area contributed by atoms with Crippen molar-refractivity contribution >= 4 is 39.9 Å². The van der Waals surface area contributed by atoms with Crippen LogP contribution in [0.3, 0.4) is 0 Å². The van der Waals surface area contributed by atoms with E-state index >= 15 is 0 Å². The number of ether oxygens (including phenoxy) is 1. The van der Waals surface area contributed by atoms with Crippen molar-refractivity contribution in [1.29, 1.82) is 0 Å². The number of urea groups is 1. The Bertz CT molecular complexity index is 699. The van der Waals surface area contributed by atoms with Crippen molar-refractivity contribution < 1.29 is 24.2 Å². The number of amides is 3. The maximum atomic E-state index is 12.1. The van der Waals surface area contributed by atoms with Gasteiger partial charge in [0, 0.05) is 10.0 Å². The van der Waals surface area contributed by atoms with Crippen LogP contribution < -0.4 is 5.32 Å². The second kappa shape index (κ2) is 6.18. The zero-order valence-electron chi connectivity index (χ0n) is 11.8. The number of nitrogens with one attached hydrogen (secondary N) is 1. The molecule has 2 rings (SSSR count). The number of hydrogen-bond acceptors (Lipinski definition) is 5. The van der Waals surface area contributed by atoms with Gasteiger partial charge in [-0.2, -0.15) is 0 Å². The van der Waals surface area contributed by atoms with Gasteiger partial charge in [0.25, 0.3) is 5.91 Å². The lowest BCUT2D eigenvalue weighted by Gasteiger charge is -2.09. The Labute approximate surface area is 134 Å². The van der Waals surface area contributed by atoms with Crippen molar-refractivity contribution in [2.75, 3.05) is 13.7 Å². The fourth-order valence-electron chi connectivity index (χ4n) is 1.94. The number of aryl methyl sites for hydroxylation is 1. The van der Waals surface area contributed by atoms with E-state index in [1.54, 1.807) is 19.1 Å². The van der Waals surface area contributed by atoms with Gasteiger partial charge in [0.15, 0.2) is 0 Å². The number of halogens is 1. The van der Waals surface area contributed by atoms with E-state index in [0.29, 0.717) is 11.1 Å². The number of methoxy groups -OCH3 is 1. The summed E-state index contributed by atoms with van der Waals surface area (Å²) >= 11 is 3.29. The molecule has 0 bridgehead atoms. The van der Waals surface area contributed by atoms with E-state index in [1.807, 2.05) is 0 Å². The lowest BCUT2D eigenvalue weighted by atomic mass is 10.1. The summed E-state index contributed by atoms with van der Waals surface area (Å²) in [4.78, 5) is 35.8.